The maximum atomic E-state index is 13.3. The van der Waals surface area contributed by atoms with Gasteiger partial charge in [-0.1, -0.05) is 37.3 Å². The van der Waals surface area contributed by atoms with Gasteiger partial charge in [0.25, 0.3) is 5.56 Å². The van der Waals surface area contributed by atoms with Crippen LogP contribution < -0.4 is 15.6 Å². The Balaban J connectivity index is 2.36. The van der Waals surface area contributed by atoms with Crippen LogP contribution in [0.15, 0.2) is 41.3 Å². The van der Waals surface area contributed by atoms with E-state index in [1.807, 2.05) is 30.3 Å². The van der Waals surface area contributed by atoms with Gasteiger partial charge in [-0.2, -0.15) is 5.10 Å². The smallest absolute Gasteiger partial charge is 0.308 e. The molecule has 0 saturated carbocycles. The molecule has 1 heterocycles. The van der Waals surface area contributed by atoms with E-state index in [9.17, 15) is 23.6 Å². The topological polar surface area (TPSA) is 117 Å². The molecule has 0 spiro atoms. The molecule has 2 unspecified atom stereocenters. The molecule has 190 valence electrons. The lowest BCUT2D eigenvalue weighted by molar-refractivity contribution is -0.156. The molecule has 1 N–H and O–H groups in total. The Morgan fingerprint density at radius 2 is 1.83 bits per heavy atom. The van der Waals surface area contributed by atoms with Crippen LogP contribution in [-0.4, -0.2) is 52.9 Å². The first-order valence-corrected chi connectivity index (χ1v) is 11.3. The van der Waals surface area contributed by atoms with Crippen LogP contribution in [-0.2, 0) is 25.7 Å². The van der Waals surface area contributed by atoms with Crippen LogP contribution in [0.3, 0.4) is 0 Å². The van der Waals surface area contributed by atoms with Crippen LogP contribution in [0.5, 0.6) is 5.75 Å². The Hall–Kier alpha value is -3.56. The molecule has 0 aliphatic heterocycles. The number of nitrogens with one attached hydrogen (secondary N) is 1. The Morgan fingerprint density at radius 1 is 1.17 bits per heavy atom. The molecule has 1 aromatic carbocycles. The fourth-order valence-corrected chi connectivity index (χ4v) is 3.52. The summed E-state index contributed by atoms with van der Waals surface area (Å²) >= 11 is 0. The van der Waals surface area contributed by atoms with Crippen LogP contribution in [0.2, 0.25) is 0 Å². The summed E-state index contributed by atoms with van der Waals surface area (Å²) < 4.78 is 24.9. The minimum absolute atomic E-state index is 0.0575. The normalized spacial score (nSPS) is 13.0. The van der Waals surface area contributed by atoms with Crippen molar-refractivity contribution in [2.24, 2.45) is 0 Å². The van der Waals surface area contributed by atoms with Crippen LogP contribution in [0.4, 0.5) is 4.39 Å². The van der Waals surface area contributed by atoms with E-state index in [4.69, 9.17) is 9.47 Å². The lowest BCUT2D eigenvalue weighted by Crippen LogP contribution is -2.46. The molecule has 0 fully saturated rings. The van der Waals surface area contributed by atoms with E-state index in [-0.39, 0.29) is 24.3 Å². The Labute approximate surface area is 203 Å². The third-order valence-corrected chi connectivity index (χ3v) is 5.14. The Morgan fingerprint density at radius 3 is 2.37 bits per heavy atom. The molecule has 0 aliphatic carbocycles. The first kappa shape index (κ1) is 27.7. The molecule has 0 saturated heterocycles. The predicted octanol–water partition coefficient (Wildman–Crippen LogP) is 2.55. The van der Waals surface area contributed by atoms with Crippen molar-refractivity contribution in [2.75, 3.05) is 13.8 Å². The molecule has 0 bridgehead atoms. The number of esters is 1. The number of carbonyl (C=O) groups is 3. The van der Waals surface area contributed by atoms with Crippen LogP contribution in [0.25, 0.3) is 0 Å². The summed E-state index contributed by atoms with van der Waals surface area (Å²) in [6, 6.07) is 7.76. The number of rotatable bonds is 11. The predicted molar refractivity (Wildman–Crippen MR) is 127 cm³/mol. The molecule has 2 rings (SSSR count). The average Bonchev–Trinajstić information content (AvgIpc) is 2.80. The van der Waals surface area contributed by atoms with E-state index in [0.29, 0.717) is 0 Å². The van der Waals surface area contributed by atoms with Crippen LogP contribution >= 0.6 is 0 Å². The Bertz CT molecular complexity index is 1090. The second-order valence-corrected chi connectivity index (χ2v) is 8.99. The summed E-state index contributed by atoms with van der Waals surface area (Å²) in [6.45, 7) is 5.45. The number of aromatic nitrogens is 2. The number of hydrogen-bond acceptors (Lipinski definition) is 7. The highest BCUT2D eigenvalue weighted by atomic mass is 19.1. The van der Waals surface area contributed by atoms with Gasteiger partial charge in [-0.25, -0.2) is 9.07 Å². The molecular formula is C25H32FN3O6. The van der Waals surface area contributed by atoms with Gasteiger partial charge >= 0.3 is 5.97 Å². The van der Waals surface area contributed by atoms with Crippen molar-refractivity contribution in [3.63, 3.8) is 0 Å². The number of ketones is 1. The first-order valence-electron chi connectivity index (χ1n) is 11.3. The number of Topliss-reactive ketones (excluding diaryl/α,β-unsaturated/α-hetero) is 1. The van der Waals surface area contributed by atoms with Crippen molar-refractivity contribution >= 4 is 17.7 Å². The number of ether oxygens (including phenoxy) is 2. The van der Waals surface area contributed by atoms with E-state index in [1.165, 1.54) is 18.0 Å². The highest BCUT2D eigenvalue weighted by molar-refractivity contribution is 5.94. The number of methoxy groups -OCH3 is 1. The van der Waals surface area contributed by atoms with Crippen molar-refractivity contribution in [1.29, 1.82) is 0 Å². The highest BCUT2D eigenvalue weighted by Gasteiger charge is 2.32. The quantitative estimate of drug-likeness (QED) is 0.482. The SMILES string of the molecule is CCC(C(=O)NC(CC(=O)OC(C)(C)C)C(=O)CF)c1c(OC)cnn(Cc2ccccc2)c1=O. The standard InChI is InChI=1S/C25H32FN3O6/c1-6-17(23(32)28-18(19(30)13-26)12-21(31)35-25(2,3)4)22-20(34-5)14-27-29(24(22)33)15-16-10-8-7-9-11-16/h7-11,14,17-18H,6,12-13,15H2,1-5H3,(H,28,32). The van der Waals surface area contributed by atoms with E-state index < -0.39 is 53.9 Å². The maximum Gasteiger partial charge on any atom is 0.308 e. The maximum absolute atomic E-state index is 13.3. The number of carbonyl (C=O) groups excluding carboxylic acids is 3. The molecule has 1 amide bonds. The van der Waals surface area contributed by atoms with Gasteiger partial charge in [-0.15, -0.1) is 0 Å². The molecule has 2 atom stereocenters. The summed E-state index contributed by atoms with van der Waals surface area (Å²) in [5.74, 6) is -3.36. The molecule has 0 radical (unpaired) electrons. The third kappa shape index (κ3) is 7.73. The van der Waals surface area contributed by atoms with Gasteiger partial charge in [-0.05, 0) is 32.8 Å². The molecule has 9 nitrogen and oxygen atoms in total. The summed E-state index contributed by atoms with van der Waals surface area (Å²) in [7, 11) is 1.35. The Kier molecular flexibility index (Phi) is 9.68. The number of benzene rings is 1. The van der Waals surface area contributed by atoms with E-state index in [2.05, 4.69) is 10.4 Å². The number of alkyl halides is 1. The second kappa shape index (κ2) is 12.2. The van der Waals surface area contributed by atoms with Crippen LogP contribution in [0, 0.1) is 0 Å². The zero-order chi connectivity index (χ0) is 26.2. The fourth-order valence-electron chi connectivity index (χ4n) is 3.52. The zero-order valence-corrected chi connectivity index (χ0v) is 20.7. The molecular weight excluding hydrogens is 457 g/mol. The lowest BCUT2D eigenvalue weighted by Gasteiger charge is -2.24. The van der Waals surface area contributed by atoms with E-state index >= 15 is 0 Å². The molecule has 10 heteroatoms. The number of nitrogens with zero attached hydrogens (tertiary/aromatic N) is 2. The van der Waals surface area contributed by atoms with Gasteiger partial charge in [0.2, 0.25) is 5.91 Å². The van der Waals surface area contributed by atoms with E-state index in [1.54, 1.807) is 27.7 Å². The van der Waals surface area contributed by atoms with Crippen molar-refractivity contribution in [1.82, 2.24) is 15.1 Å². The number of amides is 1. The van der Waals surface area contributed by atoms with Gasteiger partial charge in [0, 0.05) is 0 Å². The monoisotopic (exact) mass is 489 g/mol. The number of halogens is 1. The molecule has 0 aliphatic rings. The van der Waals surface area contributed by atoms with Crippen molar-refractivity contribution < 1.29 is 28.2 Å². The summed E-state index contributed by atoms with van der Waals surface area (Å²) in [6.07, 6.45) is 0.990. The minimum Gasteiger partial charge on any atom is -0.495 e. The number of hydrogen-bond donors (Lipinski definition) is 1. The van der Waals surface area contributed by atoms with Crippen molar-refractivity contribution in [2.45, 2.75) is 64.6 Å². The van der Waals surface area contributed by atoms with Gasteiger partial charge < -0.3 is 14.8 Å². The minimum atomic E-state index is -1.43. The highest BCUT2D eigenvalue weighted by Crippen LogP contribution is 2.26. The largest absolute Gasteiger partial charge is 0.495 e. The molecule has 1 aromatic heterocycles. The average molecular weight is 490 g/mol. The molecule has 2 aromatic rings. The summed E-state index contributed by atoms with van der Waals surface area (Å²) in [5, 5.41) is 6.57. The van der Waals surface area contributed by atoms with Gasteiger partial charge in [0.15, 0.2) is 5.78 Å². The van der Waals surface area contributed by atoms with Crippen molar-refractivity contribution in [3.05, 3.63) is 58.0 Å². The zero-order valence-electron chi connectivity index (χ0n) is 20.7. The fraction of sp³-hybridized carbons (Fsp3) is 0.480. The summed E-state index contributed by atoms with van der Waals surface area (Å²) in [4.78, 5) is 50.9. The van der Waals surface area contributed by atoms with E-state index in [0.717, 1.165) is 5.56 Å². The third-order valence-electron chi connectivity index (χ3n) is 5.14. The van der Waals surface area contributed by atoms with Crippen molar-refractivity contribution in [3.8, 4) is 5.75 Å². The molecule has 35 heavy (non-hydrogen) atoms. The first-order chi connectivity index (χ1) is 16.5. The van der Waals surface area contributed by atoms with Crippen LogP contribution in [0.1, 0.15) is 57.6 Å². The summed E-state index contributed by atoms with van der Waals surface area (Å²) in [5.41, 5.74) is -0.454. The second-order valence-electron chi connectivity index (χ2n) is 8.99. The van der Waals surface area contributed by atoms with Gasteiger partial charge in [0.1, 0.15) is 24.1 Å². The van der Waals surface area contributed by atoms with Gasteiger partial charge in [0.05, 0.1) is 37.8 Å². The lowest BCUT2D eigenvalue weighted by atomic mass is 9.95. The van der Waals surface area contributed by atoms with Gasteiger partial charge in [-0.3, -0.25) is 19.2 Å².